The molecule has 2 heterocycles. The van der Waals surface area contributed by atoms with Gasteiger partial charge in [0, 0.05) is 22.0 Å². The topological polar surface area (TPSA) is 60.7 Å². The second-order valence-electron chi connectivity index (χ2n) is 7.06. The van der Waals surface area contributed by atoms with Gasteiger partial charge in [-0.1, -0.05) is 41.9 Å². The van der Waals surface area contributed by atoms with Gasteiger partial charge in [-0.05, 0) is 42.0 Å². The minimum Gasteiger partial charge on any atom is -0.497 e. The minimum atomic E-state index is -0.515. The summed E-state index contributed by atoms with van der Waals surface area (Å²) in [6.45, 7) is 0. The third-order valence-corrected chi connectivity index (χ3v) is 5.63. The molecule has 0 fully saturated rings. The Morgan fingerprint density at radius 2 is 1.77 bits per heavy atom. The molecule has 0 saturated carbocycles. The Morgan fingerprint density at radius 3 is 2.60 bits per heavy atom. The van der Waals surface area contributed by atoms with E-state index in [0.717, 1.165) is 16.6 Å². The van der Waals surface area contributed by atoms with Crippen molar-refractivity contribution in [2.75, 3.05) is 12.4 Å². The van der Waals surface area contributed by atoms with Crippen molar-refractivity contribution >= 4 is 28.3 Å². The third-order valence-electron chi connectivity index (χ3n) is 5.28. The summed E-state index contributed by atoms with van der Waals surface area (Å²) in [7, 11) is 1.60. The summed E-state index contributed by atoms with van der Waals surface area (Å²) in [5.41, 5.74) is 2.47. The van der Waals surface area contributed by atoms with Gasteiger partial charge in [0.25, 0.3) is 0 Å². The number of anilines is 1. The highest BCUT2D eigenvalue weighted by Crippen LogP contribution is 2.46. The Labute approximate surface area is 177 Å². The van der Waals surface area contributed by atoms with Crippen LogP contribution in [0.5, 0.6) is 11.5 Å². The lowest BCUT2D eigenvalue weighted by Crippen LogP contribution is -2.29. The standard InChI is InChI=1S/C24H18ClNO4/c1-28-14-10-11-20-16(12-14)17(13-22(27)29-20)24-23(15-6-2-3-7-18(15)25)26-19-8-4-5-9-21(19)30-24/h2-13,23-24,26H,1H3/t23-,24+/m0/s1. The van der Waals surface area contributed by atoms with E-state index in [1.54, 1.807) is 19.2 Å². The molecule has 5 rings (SSSR count). The highest BCUT2D eigenvalue weighted by Gasteiger charge is 2.35. The summed E-state index contributed by atoms with van der Waals surface area (Å²) in [4.78, 5) is 12.4. The zero-order valence-electron chi connectivity index (χ0n) is 16.1. The van der Waals surface area contributed by atoms with E-state index in [4.69, 9.17) is 25.5 Å². The first kappa shape index (κ1) is 18.6. The number of benzene rings is 3. The van der Waals surface area contributed by atoms with Crippen LogP contribution in [0, 0.1) is 0 Å². The van der Waals surface area contributed by atoms with E-state index in [1.165, 1.54) is 6.07 Å². The molecular weight excluding hydrogens is 402 g/mol. The summed E-state index contributed by atoms with van der Waals surface area (Å²) in [5.74, 6) is 1.37. The van der Waals surface area contributed by atoms with E-state index >= 15 is 0 Å². The fourth-order valence-electron chi connectivity index (χ4n) is 3.88. The Bertz CT molecular complexity index is 1300. The van der Waals surface area contributed by atoms with E-state index in [2.05, 4.69) is 5.32 Å². The van der Waals surface area contributed by atoms with Gasteiger partial charge >= 0.3 is 5.63 Å². The van der Waals surface area contributed by atoms with Crippen LogP contribution in [0.1, 0.15) is 23.3 Å². The number of halogens is 1. The molecule has 0 aliphatic carbocycles. The van der Waals surface area contributed by atoms with Crippen LogP contribution in [0.2, 0.25) is 5.02 Å². The van der Waals surface area contributed by atoms with E-state index in [9.17, 15) is 4.79 Å². The van der Waals surface area contributed by atoms with Gasteiger partial charge in [-0.3, -0.25) is 0 Å². The van der Waals surface area contributed by atoms with Gasteiger partial charge in [0.1, 0.15) is 23.2 Å². The van der Waals surface area contributed by atoms with Gasteiger partial charge in [-0.15, -0.1) is 0 Å². The Morgan fingerprint density at radius 1 is 0.967 bits per heavy atom. The molecule has 2 atom stereocenters. The van der Waals surface area contributed by atoms with Crippen molar-refractivity contribution in [1.82, 2.24) is 0 Å². The molecule has 5 nitrogen and oxygen atoms in total. The number of fused-ring (bicyclic) bond motifs is 2. The van der Waals surface area contributed by atoms with Crippen LogP contribution in [0.3, 0.4) is 0 Å². The number of hydrogen-bond donors (Lipinski definition) is 1. The summed E-state index contributed by atoms with van der Waals surface area (Å²) in [5, 5.41) is 4.91. The van der Waals surface area contributed by atoms with Gasteiger partial charge in [-0.2, -0.15) is 0 Å². The van der Waals surface area contributed by atoms with Crippen LogP contribution >= 0.6 is 11.6 Å². The molecule has 1 aromatic heterocycles. The molecule has 1 aliphatic heterocycles. The monoisotopic (exact) mass is 419 g/mol. The highest BCUT2D eigenvalue weighted by molar-refractivity contribution is 6.31. The second-order valence-corrected chi connectivity index (χ2v) is 7.47. The Balaban J connectivity index is 1.75. The van der Waals surface area contributed by atoms with Crippen LogP contribution in [-0.2, 0) is 0 Å². The number of nitrogens with one attached hydrogen (secondary N) is 1. The van der Waals surface area contributed by atoms with Crippen molar-refractivity contribution < 1.29 is 13.9 Å². The predicted molar refractivity (Wildman–Crippen MR) is 117 cm³/mol. The number of para-hydroxylation sites is 2. The van der Waals surface area contributed by atoms with Gasteiger partial charge in [0.2, 0.25) is 0 Å². The highest BCUT2D eigenvalue weighted by atomic mass is 35.5. The van der Waals surface area contributed by atoms with Crippen molar-refractivity contribution in [1.29, 1.82) is 0 Å². The zero-order chi connectivity index (χ0) is 20.7. The SMILES string of the molecule is COc1ccc2oc(=O)cc([C@H]3Oc4ccccc4N[C@H]3c3ccccc3Cl)c2c1. The van der Waals surface area contributed by atoms with Crippen LogP contribution in [-0.4, -0.2) is 7.11 Å². The molecule has 0 saturated heterocycles. The molecule has 0 unspecified atom stereocenters. The van der Waals surface area contributed by atoms with Gasteiger partial charge in [0.15, 0.2) is 0 Å². The molecule has 0 bridgehead atoms. The average Bonchev–Trinajstić information content (AvgIpc) is 2.77. The fourth-order valence-corrected chi connectivity index (χ4v) is 4.13. The van der Waals surface area contributed by atoms with Gasteiger partial charge in [-0.25, -0.2) is 4.79 Å². The van der Waals surface area contributed by atoms with Crippen LogP contribution in [0.4, 0.5) is 5.69 Å². The van der Waals surface area contributed by atoms with Crippen molar-refractivity contribution in [3.8, 4) is 11.5 Å². The number of rotatable bonds is 3. The van der Waals surface area contributed by atoms with E-state index in [0.29, 0.717) is 27.7 Å². The molecule has 1 aliphatic rings. The molecule has 3 aromatic carbocycles. The first-order valence-electron chi connectivity index (χ1n) is 9.52. The van der Waals surface area contributed by atoms with E-state index in [-0.39, 0.29) is 6.04 Å². The summed E-state index contributed by atoms with van der Waals surface area (Å²) >= 11 is 6.54. The quantitative estimate of drug-likeness (QED) is 0.429. The molecular formula is C24H18ClNO4. The van der Waals surface area contributed by atoms with Crippen LogP contribution in [0.15, 0.2) is 82.0 Å². The number of ether oxygens (including phenoxy) is 2. The molecule has 1 N–H and O–H groups in total. The van der Waals surface area contributed by atoms with Crippen LogP contribution < -0.4 is 20.4 Å². The molecule has 4 aromatic rings. The normalized spacial score (nSPS) is 17.7. The number of methoxy groups -OCH3 is 1. The smallest absolute Gasteiger partial charge is 0.336 e. The maximum Gasteiger partial charge on any atom is 0.336 e. The molecule has 0 radical (unpaired) electrons. The maximum atomic E-state index is 12.4. The Hall–Kier alpha value is -3.44. The molecule has 150 valence electrons. The summed E-state index contributed by atoms with van der Waals surface area (Å²) in [6.07, 6.45) is -0.515. The lowest BCUT2D eigenvalue weighted by molar-refractivity contribution is 0.172. The largest absolute Gasteiger partial charge is 0.497 e. The molecule has 6 heteroatoms. The first-order valence-corrected chi connectivity index (χ1v) is 9.90. The fraction of sp³-hybridized carbons (Fsp3) is 0.125. The van der Waals surface area contributed by atoms with Crippen molar-refractivity contribution in [2.45, 2.75) is 12.1 Å². The van der Waals surface area contributed by atoms with Gasteiger partial charge in [0.05, 0.1) is 18.8 Å². The second kappa shape index (κ2) is 7.43. The molecule has 0 spiro atoms. The summed E-state index contributed by atoms with van der Waals surface area (Å²) in [6, 6.07) is 21.8. The third kappa shape index (κ3) is 3.17. The molecule has 30 heavy (non-hydrogen) atoms. The van der Waals surface area contributed by atoms with Crippen molar-refractivity contribution in [3.05, 3.63) is 99.4 Å². The molecule has 0 amide bonds. The van der Waals surface area contributed by atoms with Crippen molar-refractivity contribution in [2.24, 2.45) is 0 Å². The zero-order valence-corrected chi connectivity index (χ0v) is 16.8. The predicted octanol–water partition coefficient (Wildman–Crippen LogP) is 5.74. The van der Waals surface area contributed by atoms with E-state index in [1.807, 2.05) is 54.6 Å². The first-order chi connectivity index (χ1) is 14.6. The van der Waals surface area contributed by atoms with Gasteiger partial charge < -0.3 is 19.2 Å². The lowest BCUT2D eigenvalue weighted by Gasteiger charge is -2.36. The lowest BCUT2D eigenvalue weighted by atomic mass is 9.92. The van der Waals surface area contributed by atoms with E-state index < -0.39 is 11.7 Å². The average molecular weight is 420 g/mol. The van der Waals surface area contributed by atoms with Crippen molar-refractivity contribution in [3.63, 3.8) is 0 Å². The Kier molecular flexibility index (Phi) is 4.60. The minimum absolute atomic E-state index is 0.315. The number of hydrogen-bond acceptors (Lipinski definition) is 5. The van der Waals surface area contributed by atoms with Crippen LogP contribution in [0.25, 0.3) is 11.0 Å². The maximum absolute atomic E-state index is 12.4. The summed E-state index contributed by atoms with van der Waals surface area (Å²) < 4.78 is 17.2.